The molecule has 1 rings (SSSR count). The zero-order valence-corrected chi connectivity index (χ0v) is 10.5. The van der Waals surface area contributed by atoms with Crippen molar-refractivity contribution in [1.82, 2.24) is 0 Å². The SMILES string of the molecule is C=Cc1cc[nH+]cc1.[Br-].[Br-].[Br-]. The Bertz CT molecular complexity index is 176. The zero-order valence-electron chi connectivity index (χ0n) is 5.73. The molecule has 0 fully saturated rings. The van der Waals surface area contributed by atoms with E-state index in [0.717, 1.165) is 5.56 Å². The second-order valence-electron chi connectivity index (χ2n) is 1.54. The first kappa shape index (κ1) is 17.4. The molecule has 1 N–H and O–H groups in total. The lowest BCUT2D eigenvalue weighted by Crippen LogP contribution is -3.00. The number of aromatic amines is 1. The molecule has 0 atom stereocenters. The van der Waals surface area contributed by atoms with Crippen molar-refractivity contribution in [3.63, 3.8) is 0 Å². The predicted molar refractivity (Wildman–Crippen MR) is 33.1 cm³/mol. The van der Waals surface area contributed by atoms with E-state index in [9.17, 15) is 0 Å². The molecule has 0 aromatic carbocycles. The fraction of sp³-hybridized carbons (Fsp3) is 0. The predicted octanol–water partition coefficient (Wildman–Crippen LogP) is -7.84. The molecule has 0 spiro atoms. The third-order valence-corrected chi connectivity index (χ3v) is 0.980. The maximum Gasteiger partial charge on any atom is 0.167 e. The highest BCUT2D eigenvalue weighted by molar-refractivity contribution is 5.44. The van der Waals surface area contributed by atoms with E-state index >= 15 is 0 Å². The Labute approximate surface area is 98.2 Å². The van der Waals surface area contributed by atoms with Crippen molar-refractivity contribution in [2.45, 2.75) is 0 Å². The van der Waals surface area contributed by atoms with Gasteiger partial charge in [-0.1, -0.05) is 12.7 Å². The van der Waals surface area contributed by atoms with Crippen molar-refractivity contribution in [3.8, 4) is 0 Å². The second-order valence-corrected chi connectivity index (χ2v) is 1.54. The smallest absolute Gasteiger partial charge is 0.167 e. The van der Waals surface area contributed by atoms with Crippen LogP contribution in [0.15, 0.2) is 31.1 Å². The van der Waals surface area contributed by atoms with Crippen LogP contribution in [0.25, 0.3) is 6.08 Å². The summed E-state index contributed by atoms with van der Waals surface area (Å²) in [5.41, 5.74) is 1.14. The lowest BCUT2D eigenvalue weighted by Gasteiger charge is -1.80. The van der Waals surface area contributed by atoms with Gasteiger partial charge in [-0.3, -0.25) is 0 Å². The van der Waals surface area contributed by atoms with Gasteiger partial charge in [0.1, 0.15) is 0 Å². The van der Waals surface area contributed by atoms with Gasteiger partial charge in [-0.25, -0.2) is 4.98 Å². The standard InChI is InChI=1S/C7H7N.3BrH/c1-2-7-3-5-8-6-4-7;;;/h2-6H,1H2;3*1H/p-2. The maximum atomic E-state index is 3.62. The average molecular weight is 346 g/mol. The van der Waals surface area contributed by atoms with Gasteiger partial charge in [0.2, 0.25) is 0 Å². The molecule has 64 valence electrons. The largest absolute Gasteiger partial charge is 1.00 e. The van der Waals surface area contributed by atoms with E-state index < -0.39 is 0 Å². The number of H-pyrrole nitrogens is 1. The monoisotopic (exact) mass is 343 g/mol. The van der Waals surface area contributed by atoms with E-state index in [2.05, 4.69) is 11.6 Å². The van der Waals surface area contributed by atoms with E-state index in [1.807, 2.05) is 30.6 Å². The summed E-state index contributed by atoms with van der Waals surface area (Å²) < 4.78 is 0. The summed E-state index contributed by atoms with van der Waals surface area (Å²) in [6, 6.07) is 3.93. The Morgan fingerprint density at radius 1 is 1.09 bits per heavy atom. The third kappa shape index (κ3) is 6.72. The second kappa shape index (κ2) is 10.3. The van der Waals surface area contributed by atoms with Crippen LogP contribution in [0.5, 0.6) is 0 Å². The van der Waals surface area contributed by atoms with Crippen molar-refractivity contribution < 1.29 is 55.9 Å². The molecular formula is C7H8Br3N-2. The quantitative estimate of drug-likeness (QED) is 0.480. The zero-order chi connectivity index (χ0) is 5.82. The molecular weight excluding hydrogens is 338 g/mol. The van der Waals surface area contributed by atoms with Crippen LogP contribution in [0.1, 0.15) is 5.56 Å². The van der Waals surface area contributed by atoms with Crippen LogP contribution >= 0.6 is 0 Å². The van der Waals surface area contributed by atoms with Gasteiger partial charge in [0.25, 0.3) is 0 Å². The minimum absolute atomic E-state index is 0. The summed E-state index contributed by atoms with van der Waals surface area (Å²) in [6.07, 6.45) is 5.56. The Morgan fingerprint density at radius 2 is 1.55 bits per heavy atom. The molecule has 4 heteroatoms. The van der Waals surface area contributed by atoms with Gasteiger partial charge in [0, 0.05) is 12.1 Å². The molecule has 0 unspecified atom stereocenters. The van der Waals surface area contributed by atoms with Crippen LogP contribution < -0.4 is 55.9 Å². The Morgan fingerprint density at radius 3 is 1.82 bits per heavy atom. The van der Waals surface area contributed by atoms with Crippen LogP contribution in [0, 0.1) is 0 Å². The highest BCUT2D eigenvalue weighted by atomic mass is 79.9. The minimum Gasteiger partial charge on any atom is -1.00 e. The first-order valence-corrected chi connectivity index (χ1v) is 2.52. The van der Waals surface area contributed by atoms with Gasteiger partial charge in [0.15, 0.2) is 12.4 Å². The molecule has 1 heterocycles. The first-order valence-electron chi connectivity index (χ1n) is 2.52. The fourth-order valence-electron chi connectivity index (χ4n) is 0.536. The molecule has 0 amide bonds. The number of rotatable bonds is 1. The van der Waals surface area contributed by atoms with E-state index in [-0.39, 0.29) is 50.9 Å². The Kier molecular flexibility index (Phi) is 16.4. The van der Waals surface area contributed by atoms with Crippen LogP contribution in [0.4, 0.5) is 0 Å². The van der Waals surface area contributed by atoms with Crippen LogP contribution in [0.2, 0.25) is 0 Å². The molecule has 1 aromatic rings. The van der Waals surface area contributed by atoms with Gasteiger partial charge < -0.3 is 50.9 Å². The van der Waals surface area contributed by atoms with E-state index in [1.165, 1.54) is 0 Å². The Hall–Kier alpha value is 0.330. The summed E-state index contributed by atoms with van der Waals surface area (Å²) in [5, 5.41) is 0. The summed E-state index contributed by atoms with van der Waals surface area (Å²) >= 11 is 0. The van der Waals surface area contributed by atoms with Crippen LogP contribution in [0.3, 0.4) is 0 Å². The summed E-state index contributed by atoms with van der Waals surface area (Å²) in [7, 11) is 0. The number of halogens is 3. The normalized spacial score (nSPS) is 6.18. The van der Waals surface area contributed by atoms with Gasteiger partial charge >= 0.3 is 0 Å². The van der Waals surface area contributed by atoms with Crippen molar-refractivity contribution in [2.24, 2.45) is 0 Å². The van der Waals surface area contributed by atoms with E-state index in [1.54, 1.807) is 0 Å². The van der Waals surface area contributed by atoms with Gasteiger partial charge in [-0.15, -0.1) is 0 Å². The van der Waals surface area contributed by atoms with Crippen molar-refractivity contribution in [2.75, 3.05) is 0 Å². The molecule has 0 saturated carbocycles. The molecule has 0 bridgehead atoms. The van der Waals surface area contributed by atoms with Gasteiger partial charge in [-0.05, 0) is 5.56 Å². The van der Waals surface area contributed by atoms with Crippen molar-refractivity contribution >= 4 is 6.08 Å². The Balaban J connectivity index is -0.000000213. The van der Waals surface area contributed by atoms with Gasteiger partial charge in [-0.2, -0.15) is 0 Å². The van der Waals surface area contributed by atoms with E-state index in [4.69, 9.17) is 0 Å². The molecule has 0 aliphatic rings. The molecule has 1 aromatic heterocycles. The molecule has 0 aliphatic heterocycles. The lowest BCUT2D eigenvalue weighted by atomic mass is 10.3. The number of hydrogen-bond acceptors (Lipinski definition) is 0. The molecule has 1 nitrogen and oxygen atoms in total. The number of hydrogen-bond donors (Lipinski definition) is 0. The topological polar surface area (TPSA) is 14.1 Å². The van der Waals surface area contributed by atoms with Crippen molar-refractivity contribution in [3.05, 3.63) is 36.7 Å². The minimum atomic E-state index is 0. The fourth-order valence-corrected chi connectivity index (χ4v) is 0.536. The third-order valence-electron chi connectivity index (χ3n) is 0.980. The average Bonchev–Trinajstić information content (AvgIpc) is 1.90. The number of nitrogens with one attached hydrogen (secondary N) is 1. The molecule has 11 heavy (non-hydrogen) atoms. The summed E-state index contributed by atoms with van der Waals surface area (Å²) in [4.78, 5) is 2.92. The molecule has 0 radical (unpaired) electrons. The number of pyridine rings is 1. The maximum absolute atomic E-state index is 3.62. The highest BCUT2D eigenvalue weighted by Crippen LogP contribution is 1.93. The lowest BCUT2D eigenvalue weighted by molar-refractivity contribution is -0.378. The number of aromatic nitrogens is 1. The van der Waals surface area contributed by atoms with Crippen LogP contribution in [-0.2, 0) is 0 Å². The summed E-state index contributed by atoms with van der Waals surface area (Å²) in [6.45, 7) is 3.62. The first-order chi connectivity index (χ1) is 3.93. The van der Waals surface area contributed by atoms with E-state index in [0.29, 0.717) is 0 Å². The molecule has 0 aliphatic carbocycles. The molecule has 0 saturated heterocycles. The van der Waals surface area contributed by atoms with Gasteiger partial charge in [0.05, 0.1) is 0 Å². The summed E-state index contributed by atoms with van der Waals surface area (Å²) in [5.74, 6) is 0. The van der Waals surface area contributed by atoms with Crippen LogP contribution in [-0.4, -0.2) is 0 Å². The highest BCUT2D eigenvalue weighted by Gasteiger charge is 1.81. The van der Waals surface area contributed by atoms with Crippen molar-refractivity contribution in [1.29, 1.82) is 0 Å².